The van der Waals surface area contributed by atoms with Crippen molar-refractivity contribution >= 4 is 11.9 Å². The van der Waals surface area contributed by atoms with E-state index in [1.165, 1.54) is 0 Å². The predicted molar refractivity (Wildman–Crippen MR) is 158 cm³/mol. The molecule has 3 N–H and O–H groups in total. The van der Waals surface area contributed by atoms with Crippen LogP contribution in [0.1, 0.15) is 48.9 Å². The molecule has 1 atom stereocenters. The summed E-state index contributed by atoms with van der Waals surface area (Å²) >= 11 is 0. The van der Waals surface area contributed by atoms with Crippen molar-refractivity contribution in [2.45, 2.75) is 52.2 Å². The van der Waals surface area contributed by atoms with E-state index in [1.807, 2.05) is 55.5 Å². The van der Waals surface area contributed by atoms with Crippen LogP contribution in [0.5, 0.6) is 11.5 Å². The summed E-state index contributed by atoms with van der Waals surface area (Å²) in [5.41, 5.74) is 11.1. The van der Waals surface area contributed by atoms with Gasteiger partial charge in [-0.25, -0.2) is 9.78 Å². The smallest absolute Gasteiger partial charge is 0.327 e. The van der Waals surface area contributed by atoms with Gasteiger partial charge in [-0.05, 0) is 85.8 Å². The molecular weight excluding hydrogens is 536 g/mol. The zero-order valence-corrected chi connectivity index (χ0v) is 24.3. The number of ether oxygens (including phenoxy) is 3. The van der Waals surface area contributed by atoms with Crippen LogP contribution in [0.25, 0.3) is 22.6 Å². The second-order valence-electron chi connectivity index (χ2n) is 10.1. The number of methoxy groups -OCH3 is 1. The Bertz CT molecular complexity index is 1530. The third-order valence-electron chi connectivity index (χ3n) is 6.70. The van der Waals surface area contributed by atoms with E-state index < -0.39 is 18.0 Å². The molecule has 9 nitrogen and oxygen atoms in total. The number of rotatable bonds is 13. The molecule has 4 aromatic rings. The molecule has 0 aliphatic heterocycles. The molecule has 1 aromatic heterocycles. The molecule has 0 spiro atoms. The zero-order valence-electron chi connectivity index (χ0n) is 24.3. The number of nitrogens with zero attached hydrogens (tertiary/aromatic N) is 1. The fourth-order valence-electron chi connectivity index (χ4n) is 4.51. The number of nitrogens with two attached hydrogens (primary N) is 1. The van der Waals surface area contributed by atoms with E-state index in [1.54, 1.807) is 39.2 Å². The maximum absolute atomic E-state index is 12.5. The lowest BCUT2D eigenvalue weighted by molar-refractivity contribution is -0.149. The molecule has 0 fully saturated rings. The van der Waals surface area contributed by atoms with Crippen LogP contribution in [0.3, 0.4) is 0 Å². The van der Waals surface area contributed by atoms with E-state index in [-0.39, 0.29) is 18.9 Å². The number of benzene rings is 3. The Hall–Kier alpha value is -4.63. The van der Waals surface area contributed by atoms with Gasteiger partial charge >= 0.3 is 11.9 Å². The number of hydrogen-bond acceptors (Lipinski definition) is 8. The molecule has 0 saturated heterocycles. The first kappa shape index (κ1) is 30.3. The van der Waals surface area contributed by atoms with Crippen LogP contribution in [-0.2, 0) is 27.2 Å². The van der Waals surface area contributed by atoms with Gasteiger partial charge in [0, 0.05) is 18.4 Å². The molecule has 0 aliphatic rings. The second-order valence-corrected chi connectivity index (χ2v) is 10.1. The van der Waals surface area contributed by atoms with Crippen LogP contribution in [-0.4, -0.2) is 41.8 Å². The van der Waals surface area contributed by atoms with Gasteiger partial charge in [-0.1, -0.05) is 30.3 Å². The highest BCUT2D eigenvalue weighted by molar-refractivity contribution is 5.78. The van der Waals surface area contributed by atoms with Crippen LogP contribution >= 0.6 is 0 Å². The third kappa shape index (κ3) is 7.76. The minimum absolute atomic E-state index is 0.0867. The highest BCUT2D eigenvalue weighted by atomic mass is 16.5. The number of carboxylic acids is 1. The quantitative estimate of drug-likeness (QED) is 0.187. The van der Waals surface area contributed by atoms with E-state index in [4.69, 9.17) is 29.5 Å². The van der Waals surface area contributed by atoms with Crippen molar-refractivity contribution < 1.29 is 33.3 Å². The Balaban J connectivity index is 1.43. The average molecular weight is 573 g/mol. The lowest BCUT2D eigenvalue weighted by Gasteiger charge is -2.18. The summed E-state index contributed by atoms with van der Waals surface area (Å²) in [6, 6.07) is 20.0. The molecule has 0 aliphatic carbocycles. The van der Waals surface area contributed by atoms with Gasteiger partial charge in [0.25, 0.3) is 0 Å². The second kappa shape index (κ2) is 13.8. The van der Waals surface area contributed by atoms with Crippen LogP contribution in [0.2, 0.25) is 0 Å². The first-order valence-corrected chi connectivity index (χ1v) is 13.8. The highest BCUT2D eigenvalue weighted by Gasteiger charge is 2.23. The average Bonchev–Trinajstić information content (AvgIpc) is 3.35. The van der Waals surface area contributed by atoms with E-state index in [9.17, 15) is 9.59 Å². The van der Waals surface area contributed by atoms with E-state index >= 15 is 0 Å². The van der Waals surface area contributed by atoms with Crippen LogP contribution in [0.15, 0.2) is 71.1 Å². The summed E-state index contributed by atoms with van der Waals surface area (Å²) in [5, 5.41) is 9.12. The van der Waals surface area contributed by atoms with Crippen molar-refractivity contribution in [2.75, 3.05) is 13.7 Å². The molecule has 4 rings (SSSR count). The van der Waals surface area contributed by atoms with Crippen molar-refractivity contribution in [1.82, 2.24) is 4.98 Å². The Morgan fingerprint density at radius 2 is 1.69 bits per heavy atom. The lowest BCUT2D eigenvalue weighted by Crippen LogP contribution is -2.27. The normalized spacial score (nSPS) is 11.8. The number of carboxylic acid groups (broad SMARTS) is 1. The van der Waals surface area contributed by atoms with Crippen molar-refractivity contribution in [3.8, 4) is 34.1 Å². The fourth-order valence-corrected chi connectivity index (χ4v) is 4.51. The number of aliphatic carboxylic acids is 1. The number of hydrogen-bond donors (Lipinski definition) is 2. The summed E-state index contributed by atoms with van der Waals surface area (Å²) in [7, 11) is 1.65. The van der Waals surface area contributed by atoms with Gasteiger partial charge in [0.05, 0.1) is 25.5 Å². The summed E-state index contributed by atoms with van der Waals surface area (Å²) in [5.74, 6) is 1.02. The minimum atomic E-state index is -1.06. The predicted octanol–water partition coefficient (Wildman–Crippen LogP) is 5.92. The van der Waals surface area contributed by atoms with Crippen LogP contribution in [0.4, 0.5) is 0 Å². The molecular formula is C33H36N2O7. The monoisotopic (exact) mass is 572 g/mol. The van der Waals surface area contributed by atoms with Crippen LogP contribution < -0.4 is 15.2 Å². The summed E-state index contributed by atoms with van der Waals surface area (Å²) in [6.45, 7) is 5.65. The summed E-state index contributed by atoms with van der Waals surface area (Å²) in [6.07, 6.45) is 0.312. The molecule has 0 amide bonds. The maximum atomic E-state index is 12.5. The molecule has 1 unspecified atom stereocenters. The SMILES string of the molecule is COc1cccc(-c2ccc(-c3nc(CCOc4ccc(CCC(=O)O)c(C(N)C(=O)OC(C)C)c4)c(C)o3)cc2)c1. The van der Waals surface area contributed by atoms with Gasteiger partial charge in [0.2, 0.25) is 5.89 Å². The molecule has 1 heterocycles. The summed E-state index contributed by atoms with van der Waals surface area (Å²) in [4.78, 5) is 28.3. The van der Waals surface area contributed by atoms with Crippen molar-refractivity contribution in [2.24, 2.45) is 5.73 Å². The maximum Gasteiger partial charge on any atom is 0.327 e. The molecule has 0 radical (unpaired) electrons. The first-order valence-electron chi connectivity index (χ1n) is 13.8. The van der Waals surface area contributed by atoms with Crippen molar-refractivity contribution in [1.29, 1.82) is 0 Å². The Kier molecular flexibility index (Phi) is 9.98. The highest BCUT2D eigenvalue weighted by Crippen LogP contribution is 2.29. The molecule has 3 aromatic carbocycles. The summed E-state index contributed by atoms with van der Waals surface area (Å²) < 4.78 is 22.5. The number of oxazole rings is 1. The number of esters is 1. The Morgan fingerprint density at radius 1 is 0.952 bits per heavy atom. The van der Waals surface area contributed by atoms with Gasteiger partial charge in [-0.2, -0.15) is 0 Å². The van der Waals surface area contributed by atoms with Gasteiger partial charge in [-0.15, -0.1) is 0 Å². The number of carbonyl (C=O) groups excluding carboxylic acids is 1. The van der Waals surface area contributed by atoms with E-state index in [0.717, 1.165) is 28.1 Å². The first-order chi connectivity index (χ1) is 20.1. The van der Waals surface area contributed by atoms with E-state index in [2.05, 4.69) is 4.98 Å². The standard InChI is InChI=1S/C33H36N2O7/c1-20(2)41-33(38)31(34)28-19-27(14-12-23(28)13-15-30(36)37)40-17-16-29-21(3)42-32(35-29)24-10-8-22(9-11-24)25-6-5-7-26(18-25)39-4/h5-12,14,18-20,31H,13,15-17,34H2,1-4H3,(H,36,37). The topological polar surface area (TPSA) is 134 Å². The van der Waals surface area contributed by atoms with Gasteiger partial charge in [0.15, 0.2) is 0 Å². The zero-order chi connectivity index (χ0) is 30.2. The number of aromatic nitrogens is 1. The molecule has 0 saturated carbocycles. The molecule has 9 heteroatoms. The molecule has 220 valence electrons. The number of aryl methyl sites for hydroxylation is 2. The Morgan fingerprint density at radius 3 is 2.38 bits per heavy atom. The van der Waals surface area contributed by atoms with Crippen LogP contribution in [0, 0.1) is 6.92 Å². The molecule has 0 bridgehead atoms. The third-order valence-corrected chi connectivity index (χ3v) is 6.70. The van der Waals surface area contributed by atoms with Gasteiger partial charge in [0.1, 0.15) is 23.3 Å². The van der Waals surface area contributed by atoms with Gasteiger partial charge in [-0.3, -0.25) is 4.79 Å². The minimum Gasteiger partial charge on any atom is -0.497 e. The lowest BCUT2D eigenvalue weighted by atomic mass is 9.97. The largest absolute Gasteiger partial charge is 0.497 e. The van der Waals surface area contributed by atoms with Crippen molar-refractivity contribution in [3.05, 3.63) is 89.3 Å². The van der Waals surface area contributed by atoms with Crippen molar-refractivity contribution in [3.63, 3.8) is 0 Å². The van der Waals surface area contributed by atoms with E-state index in [0.29, 0.717) is 41.6 Å². The Labute approximate surface area is 245 Å². The molecule has 42 heavy (non-hydrogen) atoms. The number of carbonyl (C=O) groups is 2. The fraction of sp³-hybridized carbons (Fsp3) is 0.303. The van der Waals surface area contributed by atoms with Gasteiger partial charge < -0.3 is 29.5 Å².